The first-order chi connectivity index (χ1) is 15.1. The number of benzene rings is 1. The molecule has 0 heterocycles. The van der Waals surface area contributed by atoms with Gasteiger partial charge in [-0.2, -0.15) is 0 Å². The molecule has 0 bridgehead atoms. The molecule has 4 aliphatic rings. The minimum atomic E-state index is -0.0251. The van der Waals surface area contributed by atoms with Gasteiger partial charge < -0.3 is 4.74 Å². The van der Waals surface area contributed by atoms with Crippen molar-refractivity contribution in [1.82, 2.24) is 0 Å². The van der Waals surface area contributed by atoms with E-state index in [1.807, 2.05) is 30.3 Å². The number of fused-ring (bicyclic) bond motifs is 5. The number of hydrogen-bond donors (Lipinski definition) is 0. The highest BCUT2D eigenvalue weighted by atomic mass is 16.5. The molecular formula is C29H42O2. The number of ether oxygens (including phenoxy) is 1. The van der Waals surface area contributed by atoms with Gasteiger partial charge in [0, 0.05) is 6.42 Å². The number of carbonyl (C=O) groups excluding carboxylic acids is 1. The summed E-state index contributed by atoms with van der Waals surface area (Å²) >= 11 is 0. The summed E-state index contributed by atoms with van der Waals surface area (Å²) < 4.78 is 5.51. The van der Waals surface area contributed by atoms with E-state index in [-0.39, 0.29) is 5.97 Å². The lowest BCUT2D eigenvalue weighted by Gasteiger charge is -2.56. The maximum absolute atomic E-state index is 12.3. The van der Waals surface area contributed by atoms with E-state index in [0.29, 0.717) is 18.4 Å². The van der Waals surface area contributed by atoms with Crippen molar-refractivity contribution in [2.75, 3.05) is 0 Å². The first kappa shape index (κ1) is 21.5. The summed E-state index contributed by atoms with van der Waals surface area (Å²) in [6.45, 7) is 3.04. The minimum absolute atomic E-state index is 0.0251. The smallest absolute Gasteiger partial charge is 0.306 e. The summed E-state index contributed by atoms with van der Waals surface area (Å²) in [5, 5.41) is 0. The standard InChI is InChI=1S/C29H42O2/c1-29-19-18-25-24-12-6-5-10-22(24)14-16-26(25)27(29)17-15-23(29)11-7-13-28(30)31-20-21-8-3-2-4-9-21/h2-4,8-9,22-27H,5-7,10-20H2,1H3. The second-order valence-electron chi connectivity index (χ2n) is 11.6. The fraction of sp³-hybridized carbons (Fsp3) is 0.759. The second-order valence-corrected chi connectivity index (χ2v) is 11.6. The van der Waals surface area contributed by atoms with Crippen LogP contribution < -0.4 is 0 Å². The molecule has 2 heteroatoms. The van der Waals surface area contributed by atoms with Crippen LogP contribution in [0.15, 0.2) is 30.3 Å². The molecule has 2 nitrogen and oxygen atoms in total. The molecule has 0 spiro atoms. The Labute approximate surface area is 189 Å². The number of rotatable bonds is 6. The number of esters is 1. The quantitative estimate of drug-likeness (QED) is 0.442. The topological polar surface area (TPSA) is 26.3 Å². The van der Waals surface area contributed by atoms with E-state index in [4.69, 9.17) is 4.74 Å². The van der Waals surface area contributed by atoms with Gasteiger partial charge in [-0.05, 0) is 104 Å². The summed E-state index contributed by atoms with van der Waals surface area (Å²) in [6, 6.07) is 10.0. The third kappa shape index (κ3) is 4.33. The van der Waals surface area contributed by atoms with Gasteiger partial charge in [-0.1, -0.05) is 56.5 Å². The Bertz CT molecular complexity index is 742. The van der Waals surface area contributed by atoms with Crippen molar-refractivity contribution in [3.05, 3.63) is 35.9 Å². The van der Waals surface area contributed by atoms with Gasteiger partial charge in [-0.3, -0.25) is 4.79 Å². The van der Waals surface area contributed by atoms with Crippen LogP contribution in [0.4, 0.5) is 0 Å². The van der Waals surface area contributed by atoms with Gasteiger partial charge in [0.25, 0.3) is 0 Å². The van der Waals surface area contributed by atoms with Crippen LogP contribution >= 0.6 is 0 Å². The number of carbonyl (C=O) groups is 1. The maximum atomic E-state index is 12.3. The lowest BCUT2D eigenvalue weighted by Crippen LogP contribution is -2.48. The van der Waals surface area contributed by atoms with Crippen LogP contribution in [0.2, 0.25) is 0 Å². The molecule has 1 aromatic carbocycles. The highest BCUT2D eigenvalue weighted by molar-refractivity contribution is 5.69. The van der Waals surface area contributed by atoms with E-state index < -0.39 is 0 Å². The molecule has 0 aromatic heterocycles. The molecule has 0 radical (unpaired) electrons. The van der Waals surface area contributed by atoms with Crippen molar-refractivity contribution in [3.63, 3.8) is 0 Å². The molecule has 0 N–H and O–H groups in total. The largest absolute Gasteiger partial charge is 0.461 e. The zero-order chi connectivity index (χ0) is 21.3. The van der Waals surface area contributed by atoms with Crippen LogP contribution in [0.1, 0.15) is 96.0 Å². The fourth-order valence-corrected chi connectivity index (χ4v) is 8.71. The fourth-order valence-electron chi connectivity index (χ4n) is 8.71. The van der Waals surface area contributed by atoms with E-state index in [1.54, 1.807) is 0 Å². The normalized spacial score (nSPS) is 39.3. The maximum Gasteiger partial charge on any atom is 0.306 e. The van der Waals surface area contributed by atoms with E-state index >= 15 is 0 Å². The molecular weight excluding hydrogens is 380 g/mol. The van der Waals surface area contributed by atoms with Crippen molar-refractivity contribution >= 4 is 5.97 Å². The SMILES string of the molecule is CC12CCC3C4CCCCC4CCC3C1CCC2CCCC(=O)OCc1ccccc1. The average molecular weight is 423 g/mol. The average Bonchev–Trinajstić information content (AvgIpc) is 3.14. The monoisotopic (exact) mass is 422 g/mol. The van der Waals surface area contributed by atoms with Crippen molar-refractivity contribution in [2.24, 2.45) is 40.9 Å². The highest BCUT2D eigenvalue weighted by Crippen LogP contribution is 2.64. The zero-order valence-electron chi connectivity index (χ0n) is 19.6. The van der Waals surface area contributed by atoms with Gasteiger partial charge >= 0.3 is 5.97 Å². The molecule has 4 aliphatic carbocycles. The lowest BCUT2D eigenvalue weighted by molar-refractivity contribution is -0.145. The van der Waals surface area contributed by atoms with Crippen molar-refractivity contribution in [2.45, 2.75) is 97.0 Å². The summed E-state index contributed by atoms with van der Waals surface area (Å²) in [7, 11) is 0. The third-order valence-electron chi connectivity index (χ3n) is 10.3. The Kier molecular flexibility index (Phi) is 6.44. The van der Waals surface area contributed by atoms with Gasteiger partial charge in [0.2, 0.25) is 0 Å². The van der Waals surface area contributed by atoms with Crippen molar-refractivity contribution < 1.29 is 9.53 Å². The highest BCUT2D eigenvalue weighted by Gasteiger charge is 2.56. The molecule has 5 rings (SSSR count). The summed E-state index contributed by atoms with van der Waals surface area (Å²) in [5.74, 6) is 5.95. The van der Waals surface area contributed by atoms with Gasteiger partial charge in [0.15, 0.2) is 0 Å². The zero-order valence-corrected chi connectivity index (χ0v) is 19.6. The van der Waals surface area contributed by atoms with Crippen LogP contribution in [-0.2, 0) is 16.1 Å². The van der Waals surface area contributed by atoms with E-state index in [2.05, 4.69) is 6.92 Å². The van der Waals surface area contributed by atoms with Gasteiger partial charge in [0.05, 0.1) is 0 Å². The van der Waals surface area contributed by atoms with Crippen LogP contribution in [0.25, 0.3) is 0 Å². The summed E-state index contributed by atoms with van der Waals surface area (Å²) in [5.41, 5.74) is 1.61. The Balaban J connectivity index is 1.12. The number of hydrogen-bond acceptors (Lipinski definition) is 2. The third-order valence-corrected chi connectivity index (χ3v) is 10.3. The lowest BCUT2D eigenvalue weighted by atomic mass is 9.49. The van der Waals surface area contributed by atoms with Crippen LogP contribution in [-0.4, -0.2) is 5.97 Å². The summed E-state index contributed by atoms with van der Waals surface area (Å²) in [4.78, 5) is 12.3. The van der Waals surface area contributed by atoms with E-state index in [1.165, 1.54) is 70.6 Å². The molecule has 0 amide bonds. The molecule has 0 saturated heterocycles. The Morgan fingerprint density at radius 1 is 0.935 bits per heavy atom. The molecule has 4 saturated carbocycles. The van der Waals surface area contributed by atoms with E-state index in [0.717, 1.165) is 47.5 Å². The Hall–Kier alpha value is -1.31. The first-order valence-corrected chi connectivity index (χ1v) is 13.3. The van der Waals surface area contributed by atoms with Gasteiger partial charge in [-0.15, -0.1) is 0 Å². The molecule has 4 fully saturated rings. The molecule has 7 atom stereocenters. The molecule has 31 heavy (non-hydrogen) atoms. The molecule has 7 unspecified atom stereocenters. The minimum Gasteiger partial charge on any atom is -0.461 e. The van der Waals surface area contributed by atoms with Crippen molar-refractivity contribution in [1.29, 1.82) is 0 Å². The van der Waals surface area contributed by atoms with Crippen LogP contribution in [0, 0.1) is 40.9 Å². The Morgan fingerprint density at radius 2 is 1.77 bits per heavy atom. The van der Waals surface area contributed by atoms with Crippen LogP contribution in [0.3, 0.4) is 0 Å². The first-order valence-electron chi connectivity index (χ1n) is 13.3. The molecule has 0 aliphatic heterocycles. The van der Waals surface area contributed by atoms with Crippen molar-refractivity contribution in [3.8, 4) is 0 Å². The molecule has 170 valence electrons. The molecule has 1 aromatic rings. The van der Waals surface area contributed by atoms with Crippen LogP contribution in [0.5, 0.6) is 0 Å². The predicted octanol–water partition coefficient (Wildman–Crippen LogP) is 7.56. The van der Waals surface area contributed by atoms with Gasteiger partial charge in [0.1, 0.15) is 6.61 Å². The Morgan fingerprint density at radius 3 is 2.65 bits per heavy atom. The van der Waals surface area contributed by atoms with E-state index in [9.17, 15) is 4.79 Å². The van der Waals surface area contributed by atoms with Gasteiger partial charge in [-0.25, -0.2) is 0 Å². The predicted molar refractivity (Wildman–Crippen MR) is 125 cm³/mol. The summed E-state index contributed by atoms with van der Waals surface area (Å²) in [6.07, 6.45) is 17.7. The second kappa shape index (κ2) is 9.28.